The molecule has 0 saturated heterocycles. The summed E-state index contributed by atoms with van der Waals surface area (Å²) in [6.07, 6.45) is 0. The topological polar surface area (TPSA) is 0 Å². The SMILES string of the molecule is ClCCl.[Cu]. The van der Waals surface area contributed by atoms with Crippen LogP contribution in [0.2, 0.25) is 0 Å². The van der Waals surface area contributed by atoms with Gasteiger partial charge in [0.05, 0.1) is 5.34 Å². The Hall–Kier alpha value is 1.10. The van der Waals surface area contributed by atoms with Gasteiger partial charge in [0, 0.05) is 17.1 Å². The van der Waals surface area contributed by atoms with Crippen molar-refractivity contribution >= 4 is 23.2 Å². The molecule has 31 valence electrons. The Morgan fingerprint density at radius 3 is 1.25 bits per heavy atom. The maximum absolute atomic E-state index is 4.76. The third kappa shape index (κ3) is 11.3. The average Bonchev–Trinajstić information content (AvgIpc) is 0.918. The zero-order valence-electron chi connectivity index (χ0n) is 1.76. The van der Waals surface area contributed by atoms with E-state index in [2.05, 4.69) is 0 Å². The van der Waals surface area contributed by atoms with Crippen molar-refractivity contribution in [2.24, 2.45) is 0 Å². The molecular formula is CH2Cl2Cu. The number of hydrogen-bond acceptors (Lipinski definition) is 0. The molecule has 0 aromatic rings. The molecule has 0 atom stereocenters. The Balaban J connectivity index is 0. The second-order valence-electron chi connectivity index (χ2n) is 0.101. The van der Waals surface area contributed by atoms with Crippen LogP contribution in [0.1, 0.15) is 0 Å². The van der Waals surface area contributed by atoms with Crippen LogP contribution in [0.5, 0.6) is 0 Å². The summed E-state index contributed by atoms with van der Waals surface area (Å²) in [6, 6.07) is 0. The number of rotatable bonds is 0. The van der Waals surface area contributed by atoms with E-state index >= 15 is 0 Å². The molecule has 0 unspecified atom stereocenters. The normalized spacial score (nSPS) is 4.50. The summed E-state index contributed by atoms with van der Waals surface area (Å²) >= 11 is 9.53. The van der Waals surface area contributed by atoms with Gasteiger partial charge in [-0.3, -0.25) is 0 Å². The molecule has 0 aliphatic rings. The van der Waals surface area contributed by atoms with E-state index in [1.54, 1.807) is 0 Å². The molecule has 4 heavy (non-hydrogen) atoms. The third-order valence-electron chi connectivity index (χ3n) is 0. The quantitative estimate of drug-likeness (QED) is 0.360. The standard InChI is InChI=1S/CH2Cl2.Cu/c2-1-3;/h1H2;. The molecule has 0 aromatic carbocycles. The van der Waals surface area contributed by atoms with Crippen LogP contribution in [0.25, 0.3) is 0 Å². The number of halogens is 2. The first kappa shape index (κ1) is 8.92. The Labute approximate surface area is 45.9 Å². The zero-order chi connectivity index (χ0) is 2.71. The Morgan fingerprint density at radius 1 is 1.25 bits per heavy atom. The van der Waals surface area contributed by atoms with Gasteiger partial charge in [0.1, 0.15) is 0 Å². The van der Waals surface area contributed by atoms with Crippen LogP contribution in [0, 0.1) is 0 Å². The minimum atomic E-state index is 0. The molecule has 0 aromatic heterocycles. The monoisotopic (exact) mass is 147 g/mol. The minimum absolute atomic E-state index is 0. The van der Waals surface area contributed by atoms with Crippen molar-refractivity contribution in [3.63, 3.8) is 0 Å². The van der Waals surface area contributed by atoms with Crippen molar-refractivity contribution in [2.75, 3.05) is 5.34 Å². The summed E-state index contributed by atoms with van der Waals surface area (Å²) in [7, 11) is 0. The first-order valence-corrected chi connectivity index (χ1v) is 1.60. The second-order valence-corrected chi connectivity index (χ2v) is 0.909. The summed E-state index contributed by atoms with van der Waals surface area (Å²) in [5.74, 6) is 0. The van der Waals surface area contributed by atoms with Crippen LogP contribution in [0.4, 0.5) is 0 Å². The maximum Gasteiger partial charge on any atom is 0.0967 e. The van der Waals surface area contributed by atoms with Crippen LogP contribution >= 0.6 is 23.2 Å². The van der Waals surface area contributed by atoms with Crippen molar-refractivity contribution in [3.8, 4) is 0 Å². The number of alkyl halides is 2. The molecule has 0 saturated carbocycles. The second kappa shape index (κ2) is 8.93. The van der Waals surface area contributed by atoms with Gasteiger partial charge in [-0.05, 0) is 0 Å². The molecule has 0 bridgehead atoms. The van der Waals surface area contributed by atoms with Gasteiger partial charge in [-0.25, -0.2) is 0 Å². The molecule has 0 spiro atoms. The van der Waals surface area contributed by atoms with E-state index in [1.807, 2.05) is 0 Å². The van der Waals surface area contributed by atoms with Gasteiger partial charge < -0.3 is 0 Å². The molecule has 0 aliphatic heterocycles. The first-order chi connectivity index (χ1) is 1.41. The van der Waals surface area contributed by atoms with Crippen LogP contribution < -0.4 is 0 Å². The first-order valence-electron chi connectivity index (χ1n) is 0.535. The smallest absolute Gasteiger partial charge is 0.0967 e. The largest absolute Gasteiger partial charge is 0.109 e. The van der Waals surface area contributed by atoms with Crippen molar-refractivity contribution in [1.82, 2.24) is 0 Å². The van der Waals surface area contributed by atoms with Crippen molar-refractivity contribution < 1.29 is 17.1 Å². The van der Waals surface area contributed by atoms with Gasteiger partial charge in [0.25, 0.3) is 0 Å². The van der Waals surface area contributed by atoms with Gasteiger partial charge in [0.15, 0.2) is 0 Å². The summed E-state index contributed by atoms with van der Waals surface area (Å²) in [5.41, 5.74) is 0. The van der Waals surface area contributed by atoms with E-state index in [9.17, 15) is 0 Å². The van der Waals surface area contributed by atoms with E-state index < -0.39 is 0 Å². The van der Waals surface area contributed by atoms with Gasteiger partial charge >= 0.3 is 0 Å². The van der Waals surface area contributed by atoms with Crippen LogP contribution in [0.15, 0.2) is 0 Å². The molecule has 1 radical (unpaired) electrons. The van der Waals surface area contributed by atoms with Gasteiger partial charge in [-0.15, -0.1) is 23.2 Å². The van der Waals surface area contributed by atoms with Crippen LogP contribution in [0.3, 0.4) is 0 Å². The predicted octanol–water partition coefficient (Wildman–Crippen LogP) is 1.42. The van der Waals surface area contributed by atoms with Gasteiger partial charge in [-0.2, -0.15) is 0 Å². The maximum atomic E-state index is 4.76. The molecule has 0 heterocycles. The fraction of sp³-hybridized carbons (Fsp3) is 1.00. The third-order valence-corrected chi connectivity index (χ3v) is 0. The predicted molar refractivity (Wildman–Crippen MR) is 16.6 cm³/mol. The molecule has 0 rings (SSSR count). The van der Waals surface area contributed by atoms with Crippen LogP contribution in [-0.4, -0.2) is 5.34 Å². The molecule has 0 aliphatic carbocycles. The van der Waals surface area contributed by atoms with Gasteiger partial charge in [0.2, 0.25) is 0 Å². The molecule has 0 nitrogen and oxygen atoms in total. The summed E-state index contributed by atoms with van der Waals surface area (Å²) < 4.78 is 0. The molecule has 0 fully saturated rings. The van der Waals surface area contributed by atoms with Gasteiger partial charge in [-0.1, -0.05) is 0 Å². The van der Waals surface area contributed by atoms with E-state index in [0.29, 0.717) is 0 Å². The zero-order valence-corrected chi connectivity index (χ0v) is 4.22. The number of hydrogen-bond donors (Lipinski definition) is 0. The molecular weight excluding hydrogens is 146 g/mol. The summed E-state index contributed by atoms with van der Waals surface area (Å²) in [4.78, 5) is 0. The Morgan fingerprint density at radius 2 is 1.25 bits per heavy atom. The van der Waals surface area contributed by atoms with E-state index in [0.717, 1.165) is 0 Å². The van der Waals surface area contributed by atoms with E-state index in [-0.39, 0.29) is 22.4 Å². The fourth-order valence-electron chi connectivity index (χ4n) is 0. The fourth-order valence-corrected chi connectivity index (χ4v) is 0. The van der Waals surface area contributed by atoms with Crippen LogP contribution in [-0.2, 0) is 17.1 Å². The Bertz CT molecular complexity index is 6.00. The minimum Gasteiger partial charge on any atom is -0.109 e. The average molecular weight is 148 g/mol. The summed E-state index contributed by atoms with van der Waals surface area (Å²) in [6.45, 7) is 0. The summed E-state index contributed by atoms with van der Waals surface area (Å²) in [5, 5.41) is 0.194. The van der Waals surface area contributed by atoms with E-state index in [4.69, 9.17) is 23.2 Å². The molecule has 3 heteroatoms. The van der Waals surface area contributed by atoms with Crippen molar-refractivity contribution in [1.29, 1.82) is 0 Å². The molecule has 0 N–H and O–H groups in total. The molecule has 0 amide bonds. The Kier molecular flexibility index (Phi) is 19.9. The van der Waals surface area contributed by atoms with Crippen molar-refractivity contribution in [2.45, 2.75) is 0 Å². The van der Waals surface area contributed by atoms with E-state index in [1.165, 1.54) is 0 Å². The van der Waals surface area contributed by atoms with Crippen molar-refractivity contribution in [3.05, 3.63) is 0 Å².